The Balaban J connectivity index is 1.90. The number of carbonyl (C=O) groups excluding carboxylic acids is 2. The summed E-state index contributed by atoms with van der Waals surface area (Å²) in [5.41, 5.74) is 0.470. The van der Waals surface area contributed by atoms with Crippen LogP contribution in [0.4, 0.5) is 26.3 Å². The van der Waals surface area contributed by atoms with Crippen LogP contribution in [0.15, 0.2) is 48.5 Å². The van der Waals surface area contributed by atoms with E-state index in [1.807, 2.05) is 0 Å². The third-order valence-corrected chi connectivity index (χ3v) is 6.69. The van der Waals surface area contributed by atoms with E-state index in [2.05, 4.69) is 10.6 Å². The second-order valence-corrected chi connectivity index (χ2v) is 9.25. The number of hydrogen-bond acceptors (Lipinski definition) is 5. The Hall–Kier alpha value is -3.16. The van der Waals surface area contributed by atoms with Crippen LogP contribution in [0.5, 0.6) is 0 Å². The minimum Gasteiger partial charge on any atom is -0.387 e. The summed E-state index contributed by atoms with van der Waals surface area (Å²) in [5.74, 6) is -1.65. The Morgan fingerprint density at radius 2 is 1.63 bits per heavy atom. The number of carbonyl (C=O) groups is 2. The molecule has 0 aromatic heterocycles. The van der Waals surface area contributed by atoms with Crippen molar-refractivity contribution in [1.29, 1.82) is 0 Å². The molecule has 7 nitrogen and oxygen atoms in total. The molecule has 2 amide bonds. The highest BCUT2D eigenvalue weighted by Crippen LogP contribution is 2.39. The maximum atomic E-state index is 13.3. The maximum Gasteiger partial charge on any atom is 0.416 e. The monoisotopic (exact) mass is 547 g/mol. The van der Waals surface area contributed by atoms with Crippen molar-refractivity contribution in [2.75, 3.05) is 19.8 Å². The van der Waals surface area contributed by atoms with Gasteiger partial charge < -0.3 is 26.2 Å². The van der Waals surface area contributed by atoms with E-state index in [1.54, 1.807) is 30.3 Å². The van der Waals surface area contributed by atoms with Crippen LogP contribution in [0.2, 0.25) is 0 Å². The zero-order valence-corrected chi connectivity index (χ0v) is 20.2. The summed E-state index contributed by atoms with van der Waals surface area (Å²) in [6, 6.07) is 9.99. The minimum absolute atomic E-state index is 0.0233. The molecule has 1 heterocycles. The lowest BCUT2D eigenvalue weighted by molar-refractivity contribution is -0.143. The van der Waals surface area contributed by atoms with E-state index in [-0.39, 0.29) is 37.6 Å². The lowest BCUT2D eigenvalue weighted by Crippen LogP contribution is -2.69. The molecule has 208 valence electrons. The Morgan fingerprint density at radius 3 is 2.08 bits per heavy atom. The van der Waals surface area contributed by atoms with Gasteiger partial charge in [0.15, 0.2) is 0 Å². The molecule has 3 rings (SSSR count). The van der Waals surface area contributed by atoms with Gasteiger partial charge in [-0.15, -0.1) is 0 Å². The summed E-state index contributed by atoms with van der Waals surface area (Å²) in [5, 5.41) is 14.7. The highest BCUT2D eigenvalue weighted by molar-refractivity contribution is 5.91. The molecule has 0 aliphatic carbocycles. The zero-order chi connectivity index (χ0) is 28.4. The average Bonchev–Trinajstić information content (AvgIpc) is 2.87. The van der Waals surface area contributed by atoms with Gasteiger partial charge in [0.1, 0.15) is 12.1 Å². The summed E-state index contributed by atoms with van der Waals surface area (Å²) in [7, 11) is 0. The normalized spacial score (nSPS) is 23.1. The van der Waals surface area contributed by atoms with E-state index in [0.29, 0.717) is 17.7 Å². The van der Waals surface area contributed by atoms with Gasteiger partial charge >= 0.3 is 12.4 Å². The summed E-state index contributed by atoms with van der Waals surface area (Å²) >= 11 is 0. The van der Waals surface area contributed by atoms with Crippen molar-refractivity contribution in [1.82, 2.24) is 10.6 Å². The molecular weight excluding hydrogens is 520 g/mol. The first-order valence-corrected chi connectivity index (χ1v) is 11.6. The van der Waals surface area contributed by atoms with Gasteiger partial charge in [-0.2, -0.15) is 26.3 Å². The lowest BCUT2D eigenvalue weighted by Gasteiger charge is -2.46. The predicted molar refractivity (Wildman–Crippen MR) is 123 cm³/mol. The van der Waals surface area contributed by atoms with Gasteiger partial charge in [-0.25, -0.2) is 0 Å². The van der Waals surface area contributed by atoms with E-state index in [0.717, 1.165) is 0 Å². The number of amides is 2. The van der Waals surface area contributed by atoms with Gasteiger partial charge in [0.2, 0.25) is 11.8 Å². The van der Waals surface area contributed by atoms with Crippen molar-refractivity contribution in [3.8, 4) is 0 Å². The molecule has 1 aliphatic rings. The number of hydrogen-bond donors (Lipinski definition) is 4. The topological polar surface area (TPSA) is 114 Å². The molecule has 0 bridgehead atoms. The first kappa shape index (κ1) is 29.4. The Bertz CT molecular complexity index is 1110. The molecule has 2 aromatic carbocycles. The molecule has 38 heavy (non-hydrogen) atoms. The molecule has 13 heteroatoms. The fraction of sp³-hybridized carbons (Fsp3) is 0.440. The number of aliphatic hydroxyl groups is 1. The number of aliphatic hydroxyl groups excluding tert-OH is 1. The molecule has 2 unspecified atom stereocenters. The predicted octanol–water partition coefficient (Wildman–Crippen LogP) is 3.41. The molecule has 1 aliphatic heterocycles. The molecule has 0 spiro atoms. The average molecular weight is 547 g/mol. The fourth-order valence-electron chi connectivity index (χ4n) is 4.40. The third kappa shape index (κ3) is 6.45. The lowest BCUT2D eigenvalue weighted by atomic mass is 9.76. The first-order chi connectivity index (χ1) is 17.6. The Morgan fingerprint density at radius 1 is 1.05 bits per heavy atom. The highest BCUT2D eigenvalue weighted by atomic mass is 19.4. The van der Waals surface area contributed by atoms with Gasteiger partial charge in [0, 0.05) is 6.54 Å². The number of piperidine rings is 1. The van der Waals surface area contributed by atoms with Crippen molar-refractivity contribution in [3.05, 3.63) is 70.8 Å². The van der Waals surface area contributed by atoms with Crippen molar-refractivity contribution in [2.24, 2.45) is 5.73 Å². The fourth-order valence-corrected chi connectivity index (χ4v) is 4.40. The van der Waals surface area contributed by atoms with Gasteiger partial charge in [-0.1, -0.05) is 30.3 Å². The molecule has 3 atom stereocenters. The molecule has 1 saturated heterocycles. The Labute approximate surface area is 214 Å². The van der Waals surface area contributed by atoms with Crippen LogP contribution in [-0.2, 0) is 32.2 Å². The van der Waals surface area contributed by atoms with Crippen LogP contribution < -0.4 is 16.4 Å². The van der Waals surface area contributed by atoms with E-state index >= 15 is 0 Å². The van der Waals surface area contributed by atoms with Crippen LogP contribution in [0.3, 0.4) is 0 Å². The van der Waals surface area contributed by atoms with E-state index in [1.165, 1.54) is 6.92 Å². The first-order valence-electron chi connectivity index (χ1n) is 11.6. The summed E-state index contributed by atoms with van der Waals surface area (Å²) in [6.07, 6.45) is -11.0. The molecular formula is C25H27F6N3O4. The van der Waals surface area contributed by atoms with Crippen LogP contribution in [0.25, 0.3) is 0 Å². The van der Waals surface area contributed by atoms with Gasteiger partial charge in [-0.3, -0.25) is 9.59 Å². The molecule has 0 radical (unpaired) electrons. The van der Waals surface area contributed by atoms with Crippen molar-refractivity contribution >= 4 is 11.8 Å². The molecule has 0 saturated carbocycles. The Kier molecular flexibility index (Phi) is 8.44. The van der Waals surface area contributed by atoms with Gasteiger partial charge in [-0.05, 0) is 49.1 Å². The molecule has 2 aromatic rings. The molecule has 5 N–H and O–H groups in total. The smallest absolute Gasteiger partial charge is 0.387 e. The molecule has 1 fully saturated rings. The van der Waals surface area contributed by atoms with E-state index in [9.17, 15) is 35.9 Å². The van der Waals surface area contributed by atoms with Crippen molar-refractivity contribution < 1.29 is 45.8 Å². The van der Waals surface area contributed by atoms with Crippen LogP contribution in [0, 0.1) is 0 Å². The summed E-state index contributed by atoms with van der Waals surface area (Å²) in [4.78, 5) is 24.0. The van der Waals surface area contributed by atoms with E-state index in [4.69, 9.17) is 15.6 Å². The largest absolute Gasteiger partial charge is 0.416 e. The second-order valence-electron chi connectivity index (χ2n) is 9.25. The maximum absolute atomic E-state index is 13.3. The standard InChI is InChI=1S/C25H27F6N3O4/c1-15(16-9-18(24(26,27)28)11-19(10-16)25(29,30)31)38-14-23(17-5-3-2-4-6-17)8-7-22(13-33-23,21(32)37)34-20(36)12-35/h2-6,9-11,15,33,35H,7-8,12-14H2,1H3,(H2,32,37)(H,34,36)/t15?,22-,23?/m0/s1. The number of ether oxygens (including phenoxy) is 1. The number of rotatable bonds is 8. The van der Waals surface area contributed by atoms with Crippen LogP contribution >= 0.6 is 0 Å². The number of nitrogens with two attached hydrogens (primary N) is 1. The third-order valence-electron chi connectivity index (χ3n) is 6.69. The number of primary amides is 1. The SMILES string of the molecule is CC(OCC1(c2ccccc2)CC[C@@](NC(=O)CO)(C(N)=O)CN1)c1cc(C(F)(F)F)cc(C(F)(F)F)c1. The van der Waals surface area contributed by atoms with Crippen LogP contribution in [-0.4, -0.2) is 42.2 Å². The summed E-state index contributed by atoms with van der Waals surface area (Å²) in [6.45, 7) is 0.115. The quantitative estimate of drug-likeness (QED) is 0.379. The van der Waals surface area contributed by atoms with Crippen LogP contribution in [0.1, 0.15) is 48.1 Å². The van der Waals surface area contributed by atoms with Crippen molar-refractivity contribution in [2.45, 2.75) is 49.3 Å². The highest BCUT2D eigenvalue weighted by Gasteiger charge is 2.48. The van der Waals surface area contributed by atoms with Gasteiger partial charge in [0.05, 0.1) is 29.4 Å². The minimum atomic E-state index is -5.00. The van der Waals surface area contributed by atoms with Crippen molar-refractivity contribution in [3.63, 3.8) is 0 Å². The number of benzene rings is 2. The van der Waals surface area contributed by atoms with Gasteiger partial charge in [0.25, 0.3) is 0 Å². The van der Waals surface area contributed by atoms with E-state index < -0.39 is 59.1 Å². The number of nitrogens with one attached hydrogen (secondary N) is 2. The number of alkyl halides is 6. The summed E-state index contributed by atoms with van der Waals surface area (Å²) < 4.78 is 85.7. The zero-order valence-electron chi connectivity index (χ0n) is 20.2. The number of halogens is 6. The second kappa shape index (κ2) is 10.9.